The van der Waals surface area contributed by atoms with E-state index in [-0.39, 0.29) is 5.91 Å². The first-order valence-electron chi connectivity index (χ1n) is 7.82. The van der Waals surface area contributed by atoms with Crippen molar-refractivity contribution in [1.29, 1.82) is 0 Å². The van der Waals surface area contributed by atoms with E-state index in [0.29, 0.717) is 17.2 Å². The number of aromatic nitrogens is 3. The number of benzene rings is 1. The molecule has 1 amide bonds. The van der Waals surface area contributed by atoms with Crippen LogP contribution in [-0.4, -0.2) is 27.6 Å². The van der Waals surface area contributed by atoms with Crippen LogP contribution in [0, 0.1) is 6.92 Å². The van der Waals surface area contributed by atoms with Crippen molar-refractivity contribution in [2.24, 2.45) is 0 Å². The lowest BCUT2D eigenvalue weighted by atomic mass is 10.1. The van der Waals surface area contributed by atoms with Gasteiger partial charge < -0.3 is 0 Å². The first kappa shape index (κ1) is 16.3. The van der Waals surface area contributed by atoms with Crippen LogP contribution in [0.25, 0.3) is 10.6 Å². The maximum absolute atomic E-state index is 13.0. The first-order valence-corrected chi connectivity index (χ1v) is 8.63. The molecule has 3 rings (SSSR count). The number of pyridine rings is 1. The van der Waals surface area contributed by atoms with Crippen LogP contribution in [0.15, 0.2) is 48.8 Å². The van der Waals surface area contributed by atoms with Gasteiger partial charge in [-0.15, -0.1) is 10.2 Å². The van der Waals surface area contributed by atoms with Crippen LogP contribution in [0.3, 0.4) is 0 Å². The summed E-state index contributed by atoms with van der Waals surface area (Å²) < 4.78 is 0. The molecule has 122 valence electrons. The van der Waals surface area contributed by atoms with Crippen molar-refractivity contribution in [1.82, 2.24) is 15.2 Å². The lowest BCUT2D eigenvalue weighted by Gasteiger charge is -2.19. The molecule has 2 heterocycles. The molecule has 0 spiro atoms. The zero-order valence-electron chi connectivity index (χ0n) is 13.6. The summed E-state index contributed by atoms with van der Waals surface area (Å²) in [6.07, 6.45) is 4.31. The van der Waals surface area contributed by atoms with Crippen LogP contribution in [-0.2, 0) is 0 Å². The summed E-state index contributed by atoms with van der Waals surface area (Å²) in [5, 5.41) is 9.83. The standard InChI is InChI=1S/C18H18N4OS/c1-3-11-22(17(23)15-9-5-4-7-13(15)2)18-21-20-16(24-18)14-8-6-10-19-12-14/h4-10,12H,3,11H2,1-2H3. The fourth-order valence-electron chi connectivity index (χ4n) is 2.40. The highest BCUT2D eigenvalue weighted by molar-refractivity contribution is 7.18. The average molecular weight is 338 g/mol. The number of aryl methyl sites for hydroxylation is 1. The van der Waals surface area contributed by atoms with Crippen molar-refractivity contribution in [3.63, 3.8) is 0 Å². The minimum atomic E-state index is -0.0381. The molecule has 0 radical (unpaired) electrons. The summed E-state index contributed by atoms with van der Waals surface area (Å²) in [6, 6.07) is 11.4. The summed E-state index contributed by atoms with van der Waals surface area (Å²) in [7, 11) is 0. The SMILES string of the molecule is CCCN(C(=O)c1ccccc1C)c1nnc(-c2cccnc2)s1. The van der Waals surface area contributed by atoms with E-state index in [2.05, 4.69) is 15.2 Å². The molecule has 0 bridgehead atoms. The van der Waals surface area contributed by atoms with E-state index in [1.807, 2.05) is 50.2 Å². The number of anilines is 1. The molecule has 0 fully saturated rings. The molecule has 0 aliphatic carbocycles. The third kappa shape index (κ3) is 3.33. The minimum absolute atomic E-state index is 0.0381. The van der Waals surface area contributed by atoms with Crippen LogP contribution in [0.4, 0.5) is 5.13 Å². The maximum Gasteiger partial charge on any atom is 0.260 e. The normalized spacial score (nSPS) is 10.6. The zero-order valence-corrected chi connectivity index (χ0v) is 14.5. The number of amides is 1. The Morgan fingerprint density at radius 1 is 1.17 bits per heavy atom. The second-order valence-electron chi connectivity index (χ2n) is 5.40. The number of hydrogen-bond donors (Lipinski definition) is 0. The Balaban J connectivity index is 1.93. The number of nitrogens with zero attached hydrogens (tertiary/aromatic N) is 4. The van der Waals surface area contributed by atoms with Gasteiger partial charge in [-0.25, -0.2) is 0 Å². The van der Waals surface area contributed by atoms with E-state index in [0.717, 1.165) is 22.6 Å². The first-order chi connectivity index (χ1) is 11.7. The molecule has 0 N–H and O–H groups in total. The van der Waals surface area contributed by atoms with Gasteiger partial charge in [0.15, 0.2) is 5.01 Å². The van der Waals surface area contributed by atoms with Gasteiger partial charge in [-0.3, -0.25) is 14.7 Å². The van der Waals surface area contributed by atoms with Gasteiger partial charge >= 0.3 is 0 Å². The lowest BCUT2D eigenvalue weighted by molar-refractivity contribution is 0.0986. The fourth-order valence-corrected chi connectivity index (χ4v) is 3.26. The third-order valence-corrected chi connectivity index (χ3v) is 4.62. The van der Waals surface area contributed by atoms with Crippen LogP contribution >= 0.6 is 11.3 Å². The van der Waals surface area contributed by atoms with Gasteiger partial charge in [-0.1, -0.05) is 36.5 Å². The summed E-state index contributed by atoms with van der Waals surface area (Å²) >= 11 is 1.41. The van der Waals surface area contributed by atoms with Crippen molar-refractivity contribution in [2.45, 2.75) is 20.3 Å². The van der Waals surface area contributed by atoms with Crippen molar-refractivity contribution >= 4 is 22.4 Å². The molecule has 5 nitrogen and oxygen atoms in total. The van der Waals surface area contributed by atoms with Gasteiger partial charge in [0.25, 0.3) is 5.91 Å². The average Bonchev–Trinajstić information content (AvgIpc) is 3.10. The van der Waals surface area contributed by atoms with Crippen LogP contribution in [0.1, 0.15) is 29.3 Å². The van der Waals surface area contributed by atoms with Crippen molar-refractivity contribution < 1.29 is 4.79 Å². The molecule has 0 aliphatic heterocycles. The molecule has 3 aromatic rings. The number of carbonyl (C=O) groups excluding carboxylic acids is 1. The van der Waals surface area contributed by atoms with E-state index in [1.165, 1.54) is 11.3 Å². The Morgan fingerprint density at radius 2 is 2.00 bits per heavy atom. The highest BCUT2D eigenvalue weighted by atomic mass is 32.1. The quantitative estimate of drug-likeness (QED) is 0.706. The van der Waals surface area contributed by atoms with Gasteiger partial charge in [-0.2, -0.15) is 0 Å². The summed E-state index contributed by atoms with van der Waals surface area (Å²) in [4.78, 5) is 18.8. The van der Waals surface area contributed by atoms with Crippen LogP contribution < -0.4 is 4.90 Å². The highest BCUT2D eigenvalue weighted by Gasteiger charge is 2.22. The predicted molar refractivity (Wildman–Crippen MR) is 96.3 cm³/mol. The van der Waals surface area contributed by atoms with E-state index in [4.69, 9.17) is 0 Å². The second-order valence-corrected chi connectivity index (χ2v) is 6.36. The third-order valence-electron chi connectivity index (χ3n) is 3.62. The lowest BCUT2D eigenvalue weighted by Crippen LogP contribution is -2.32. The smallest absolute Gasteiger partial charge is 0.260 e. The largest absolute Gasteiger partial charge is 0.283 e. The van der Waals surface area contributed by atoms with Gasteiger partial charge in [0.05, 0.1) is 0 Å². The molecule has 6 heteroatoms. The fraction of sp³-hybridized carbons (Fsp3) is 0.222. The molecular weight excluding hydrogens is 320 g/mol. The predicted octanol–water partition coefficient (Wildman–Crippen LogP) is 3.97. The Labute approximate surface area is 145 Å². The zero-order chi connectivity index (χ0) is 16.9. The maximum atomic E-state index is 13.0. The van der Waals surface area contributed by atoms with Crippen molar-refractivity contribution in [3.05, 3.63) is 59.9 Å². The number of rotatable bonds is 5. The van der Waals surface area contributed by atoms with Crippen LogP contribution in [0.2, 0.25) is 0 Å². The van der Waals surface area contributed by atoms with Crippen molar-refractivity contribution in [3.8, 4) is 10.6 Å². The Kier molecular flexibility index (Phi) is 4.96. The topological polar surface area (TPSA) is 59.0 Å². The molecular formula is C18H18N4OS. The van der Waals surface area contributed by atoms with Crippen molar-refractivity contribution in [2.75, 3.05) is 11.4 Å². The molecule has 0 saturated heterocycles. The monoisotopic (exact) mass is 338 g/mol. The molecule has 0 atom stereocenters. The molecule has 0 unspecified atom stereocenters. The molecule has 0 saturated carbocycles. The summed E-state index contributed by atoms with van der Waals surface area (Å²) in [5.74, 6) is -0.0381. The van der Waals surface area contributed by atoms with Gasteiger partial charge in [0.2, 0.25) is 5.13 Å². The number of carbonyl (C=O) groups is 1. The minimum Gasteiger partial charge on any atom is -0.283 e. The van der Waals surface area contributed by atoms with E-state index < -0.39 is 0 Å². The van der Waals surface area contributed by atoms with Gasteiger partial charge in [-0.05, 0) is 37.1 Å². The summed E-state index contributed by atoms with van der Waals surface area (Å²) in [5.41, 5.74) is 2.56. The van der Waals surface area contributed by atoms with E-state index in [1.54, 1.807) is 17.3 Å². The Bertz CT molecular complexity index is 832. The van der Waals surface area contributed by atoms with E-state index in [9.17, 15) is 4.79 Å². The Hall–Kier alpha value is -2.60. The Morgan fingerprint density at radius 3 is 2.71 bits per heavy atom. The highest BCUT2D eigenvalue weighted by Crippen LogP contribution is 2.29. The van der Waals surface area contributed by atoms with Crippen LogP contribution in [0.5, 0.6) is 0 Å². The summed E-state index contributed by atoms with van der Waals surface area (Å²) in [6.45, 7) is 4.59. The number of hydrogen-bond acceptors (Lipinski definition) is 5. The molecule has 24 heavy (non-hydrogen) atoms. The molecule has 0 aliphatic rings. The molecule has 2 aromatic heterocycles. The van der Waals surface area contributed by atoms with Gasteiger partial charge in [0.1, 0.15) is 0 Å². The second kappa shape index (κ2) is 7.31. The molecule has 1 aromatic carbocycles. The van der Waals surface area contributed by atoms with Gasteiger partial charge in [0, 0.05) is 30.1 Å². The van der Waals surface area contributed by atoms with E-state index >= 15 is 0 Å².